The third-order valence-corrected chi connectivity index (χ3v) is 4.93. The zero-order valence-electron chi connectivity index (χ0n) is 16.3. The quantitative estimate of drug-likeness (QED) is 0.787. The molecule has 0 bridgehead atoms. The van der Waals surface area contributed by atoms with Crippen LogP contribution in [0.25, 0.3) is 0 Å². The Hall–Kier alpha value is -2.80. The zero-order chi connectivity index (χ0) is 20.1. The predicted molar refractivity (Wildman–Crippen MR) is 105 cm³/mol. The van der Waals surface area contributed by atoms with Crippen LogP contribution in [-0.4, -0.2) is 44.7 Å². The third-order valence-electron chi connectivity index (χ3n) is 4.93. The van der Waals surface area contributed by atoms with Gasteiger partial charge in [0.25, 0.3) is 0 Å². The molecule has 2 aromatic rings. The molecule has 6 nitrogen and oxygen atoms in total. The number of nitrogens with one attached hydrogen (secondary N) is 1. The van der Waals surface area contributed by atoms with Crippen LogP contribution in [0.4, 0.5) is 10.1 Å². The number of hydrogen-bond acceptors (Lipinski definition) is 5. The van der Waals surface area contributed by atoms with Gasteiger partial charge in [0.2, 0.25) is 11.7 Å². The summed E-state index contributed by atoms with van der Waals surface area (Å²) in [6.45, 7) is 1.15. The number of anilines is 1. The van der Waals surface area contributed by atoms with Crippen molar-refractivity contribution >= 4 is 11.6 Å². The predicted octanol–water partition coefficient (Wildman–Crippen LogP) is 3.45. The van der Waals surface area contributed by atoms with Gasteiger partial charge < -0.3 is 19.5 Å². The van der Waals surface area contributed by atoms with E-state index in [-0.39, 0.29) is 17.8 Å². The molecule has 1 unspecified atom stereocenters. The molecule has 28 heavy (non-hydrogen) atoms. The second-order valence-corrected chi connectivity index (χ2v) is 6.62. The van der Waals surface area contributed by atoms with Gasteiger partial charge in [0.05, 0.1) is 27.4 Å². The van der Waals surface area contributed by atoms with Crippen LogP contribution in [0, 0.1) is 5.82 Å². The molecule has 1 N–H and O–H groups in total. The molecule has 0 aromatic heterocycles. The Morgan fingerprint density at radius 3 is 2.43 bits per heavy atom. The average Bonchev–Trinajstić information content (AvgIpc) is 3.17. The number of nitrogens with zero attached hydrogens (tertiary/aromatic N) is 1. The molecule has 1 atom stereocenters. The van der Waals surface area contributed by atoms with Gasteiger partial charge in [-0.1, -0.05) is 18.2 Å². The van der Waals surface area contributed by atoms with E-state index in [2.05, 4.69) is 5.32 Å². The molecule has 1 heterocycles. The Morgan fingerprint density at radius 2 is 1.82 bits per heavy atom. The second kappa shape index (κ2) is 8.93. The first-order valence-corrected chi connectivity index (χ1v) is 9.15. The zero-order valence-corrected chi connectivity index (χ0v) is 16.3. The first-order chi connectivity index (χ1) is 13.6. The van der Waals surface area contributed by atoms with Gasteiger partial charge in [-0.3, -0.25) is 9.69 Å². The maximum atomic E-state index is 14.0. The van der Waals surface area contributed by atoms with Crippen molar-refractivity contribution in [2.75, 3.05) is 33.2 Å². The summed E-state index contributed by atoms with van der Waals surface area (Å²) < 4.78 is 30.0. The van der Waals surface area contributed by atoms with Gasteiger partial charge in [-0.2, -0.15) is 0 Å². The van der Waals surface area contributed by atoms with E-state index in [1.165, 1.54) is 27.4 Å². The van der Waals surface area contributed by atoms with Crippen LogP contribution in [0.1, 0.15) is 18.4 Å². The molecule has 1 fully saturated rings. The van der Waals surface area contributed by atoms with Crippen LogP contribution in [0.15, 0.2) is 36.4 Å². The molecule has 150 valence electrons. The van der Waals surface area contributed by atoms with E-state index < -0.39 is 0 Å². The maximum absolute atomic E-state index is 14.0. The Balaban J connectivity index is 1.76. The minimum absolute atomic E-state index is 0.136. The van der Waals surface area contributed by atoms with E-state index in [4.69, 9.17) is 14.2 Å². The highest BCUT2D eigenvalue weighted by Crippen LogP contribution is 2.40. The van der Waals surface area contributed by atoms with Crippen LogP contribution in [-0.2, 0) is 11.3 Å². The average molecular weight is 388 g/mol. The molecular formula is C21H25FN2O4. The summed E-state index contributed by atoms with van der Waals surface area (Å²) in [5.74, 6) is 1.00. The first-order valence-electron chi connectivity index (χ1n) is 9.15. The molecule has 0 radical (unpaired) electrons. The molecule has 1 amide bonds. The van der Waals surface area contributed by atoms with E-state index in [9.17, 15) is 9.18 Å². The highest BCUT2D eigenvalue weighted by Gasteiger charge is 2.31. The fraction of sp³-hybridized carbons (Fsp3) is 0.381. The van der Waals surface area contributed by atoms with Gasteiger partial charge in [-0.05, 0) is 25.5 Å². The molecular weight excluding hydrogens is 363 g/mol. The van der Waals surface area contributed by atoms with E-state index in [1.807, 2.05) is 4.90 Å². The number of hydrogen-bond donors (Lipinski definition) is 1. The number of methoxy groups -OCH3 is 3. The highest BCUT2D eigenvalue weighted by atomic mass is 19.1. The molecule has 1 aliphatic heterocycles. The number of halogens is 1. The van der Waals surface area contributed by atoms with Gasteiger partial charge in [0.1, 0.15) is 5.82 Å². The summed E-state index contributed by atoms with van der Waals surface area (Å²) in [4.78, 5) is 14.9. The standard InChI is InChI=1S/C21H25FN2O4/c1-26-18-11-15(12-19(27-2)20(18)28-3)23-21(25)17-9-6-10-24(17)13-14-7-4-5-8-16(14)22/h4-5,7-8,11-12,17H,6,9-10,13H2,1-3H3,(H,23,25). The van der Waals surface area contributed by atoms with Crippen LogP contribution in [0.3, 0.4) is 0 Å². The van der Waals surface area contributed by atoms with Crippen LogP contribution >= 0.6 is 0 Å². The smallest absolute Gasteiger partial charge is 0.241 e. The summed E-state index contributed by atoms with van der Waals surface area (Å²) in [5.41, 5.74) is 1.15. The lowest BCUT2D eigenvalue weighted by Crippen LogP contribution is -2.39. The molecule has 0 saturated carbocycles. The normalized spacial score (nSPS) is 16.6. The Morgan fingerprint density at radius 1 is 1.14 bits per heavy atom. The molecule has 1 saturated heterocycles. The van der Waals surface area contributed by atoms with E-state index in [0.29, 0.717) is 35.0 Å². The van der Waals surface area contributed by atoms with Crippen LogP contribution in [0.2, 0.25) is 0 Å². The summed E-state index contributed by atoms with van der Waals surface area (Å²) in [6, 6.07) is 9.72. The molecule has 0 spiro atoms. The number of rotatable bonds is 7. The van der Waals surface area contributed by atoms with Crippen molar-refractivity contribution in [3.05, 3.63) is 47.8 Å². The lowest BCUT2D eigenvalue weighted by molar-refractivity contribution is -0.120. The molecule has 0 aliphatic carbocycles. The minimum atomic E-state index is -0.321. The van der Waals surface area contributed by atoms with Gasteiger partial charge in [0.15, 0.2) is 11.5 Å². The number of ether oxygens (including phenoxy) is 3. The van der Waals surface area contributed by atoms with Crippen LogP contribution < -0.4 is 19.5 Å². The highest BCUT2D eigenvalue weighted by molar-refractivity contribution is 5.95. The lowest BCUT2D eigenvalue weighted by atomic mass is 10.1. The number of likely N-dealkylation sites (tertiary alicyclic amines) is 1. The van der Waals surface area contributed by atoms with Gasteiger partial charge in [-0.25, -0.2) is 4.39 Å². The monoisotopic (exact) mass is 388 g/mol. The van der Waals surface area contributed by atoms with Crippen molar-refractivity contribution in [2.45, 2.75) is 25.4 Å². The van der Waals surface area contributed by atoms with Crippen molar-refractivity contribution in [2.24, 2.45) is 0 Å². The fourth-order valence-corrected chi connectivity index (χ4v) is 3.54. The van der Waals surface area contributed by atoms with Crippen LogP contribution in [0.5, 0.6) is 17.2 Å². The van der Waals surface area contributed by atoms with Gasteiger partial charge >= 0.3 is 0 Å². The number of benzene rings is 2. The van der Waals surface area contributed by atoms with Crippen molar-refractivity contribution in [3.63, 3.8) is 0 Å². The van der Waals surface area contributed by atoms with Crippen molar-refractivity contribution in [1.82, 2.24) is 4.90 Å². The largest absolute Gasteiger partial charge is 0.493 e. The fourth-order valence-electron chi connectivity index (χ4n) is 3.54. The summed E-state index contributed by atoms with van der Waals surface area (Å²) in [5, 5.41) is 2.93. The number of carbonyl (C=O) groups excluding carboxylic acids is 1. The summed E-state index contributed by atoms with van der Waals surface area (Å²) >= 11 is 0. The molecule has 7 heteroatoms. The molecule has 2 aromatic carbocycles. The number of amides is 1. The van der Waals surface area contributed by atoms with E-state index >= 15 is 0 Å². The summed E-state index contributed by atoms with van der Waals surface area (Å²) in [6.07, 6.45) is 1.62. The Kier molecular flexibility index (Phi) is 6.36. The SMILES string of the molecule is COc1cc(NC(=O)C2CCCN2Cc2ccccc2F)cc(OC)c1OC. The van der Waals surface area contributed by atoms with Crippen molar-refractivity contribution in [1.29, 1.82) is 0 Å². The number of carbonyl (C=O) groups is 1. The van der Waals surface area contributed by atoms with Crippen molar-refractivity contribution in [3.8, 4) is 17.2 Å². The van der Waals surface area contributed by atoms with Crippen molar-refractivity contribution < 1.29 is 23.4 Å². The molecule has 1 aliphatic rings. The molecule has 3 rings (SSSR count). The van der Waals surface area contributed by atoms with Gasteiger partial charge in [0, 0.05) is 29.9 Å². The first kappa shape index (κ1) is 19.9. The van der Waals surface area contributed by atoms with E-state index in [1.54, 1.807) is 30.3 Å². The summed E-state index contributed by atoms with van der Waals surface area (Å²) in [7, 11) is 4.57. The second-order valence-electron chi connectivity index (χ2n) is 6.62. The van der Waals surface area contributed by atoms with E-state index in [0.717, 1.165) is 19.4 Å². The van der Waals surface area contributed by atoms with Gasteiger partial charge in [-0.15, -0.1) is 0 Å². The third kappa shape index (κ3) is 4.20. The lowest BCUT2D eigenvalue weighted by Gasteiger charge is -2.24. The maximum Gasteiger partial charge on any atom is 0.241 e. The Bertz CT molecular complexity index is 818. The topological polar surface area (TPSA) is 60.0 Å². The Labute approximate surface area is 164 Å². The minimum Gasteiger partial charge on any atom is -0.493 e.